The predicted octanol–water partition coefficient (Wildman–Crippen LogP) is 4.13. The highest BCUT2D eigenvalue weighted by Gasteiger charge is 2.16. The van der Waals surface area contributed by atoms with E-state index >= 15 is 0 Å². The zero-order chi connectivity index (χ0) is 17.8. The van der Waals surface area contributed by atoms with E-state index in [1.54, 1.807) is 27.5 Å². The Balaban J connectivity index is 2.10. The lowest BCUT2D eigenvalue weighted by molar-refractivity contribution is 0.324. The summed E-state index contributed by atoms with van der Waals surface area (Å²) in [4.78, 5) is 4.52. The largest absolute Gasteiger partial charge is 0.493 e. The van der Waals surface area contributed by atoms with Crippen LogP contribution in [0.3, 0.4) is 0 Å². The molecule has 0 aliphatic carbocycles. The van der Waals surface area contributed by atoms with Crippen LogP contribution in [0, 0.1) is 0 Å². The second-order valence-corrected chi connectivity index (χ2v) is 5.55. The highest BCUT2D eigenvalue weighted by atomic mass is 16.5. The number of hydrogen-bond donors (Lipinski definition) is 0. The summed E-state index contributed by atoms with van der Waals surface area (Å²) in [5, 5.41) is 0. The molecular formula is C20H22N2O3. The normalized spacial score (nSPS) is 10.6. The molecule has 5 heteroatoms. The van der Waals surface area contributed by atoms with E-state index in [9.17, 15) is 0 Å². The van der Waals surface area contributed by atoms with Crippen LogP contribution in [0.1, 0.15) is 12.5 Å². The number of ether oxygens (including phenoxy) is 3. The fourth-order valence-corrected chi connectivity index (χ4v) is 2.82. The third-order valence-electron chi connectivity index (χ3n) is 4.19. The van der Waals surface area contributed by atoms with Gasteiger partial charge in [-0.05, 0) is 12.0 Å². The van der Waals surface area contributed by atoms with Crippen molar-refractivity contribution in [3.63, 3.8) is 0 Å². The summed E-state index contributed by atoms with van der Waals surface area (Å²) in [6.45, 7) is 2.14. The molecule has 3 rings (SSSR count). The zero-order valence-corrected chi connectivity index (χ0v) is 14.9. The first-order chi connectivity index (χ1) is 12.2. The van der Waals surface area contributed by atoms with Crippen LogP contribution in [0.4, 0.5) is 0 Å². The van der Waals surface area contributed by atoms with E-state index in [0.29, 0.717) is 17.2 Å². The first-order valence-corrected chi connectivity index (χ1v) is 8.14. The molecule has 0 saturated carbocycles. The fourth-order valence-electron chi connectivity index (χ4n) is 2.82. The molecular weight excluding hydrogens is 316 g/mol. The van der Waals surface area contributed by atoms with Gasteiger partial charge in [0, 0.05) is 30.1 Å². The van der Waals surface area contributed by atoms with Gasteiger partial charge in [0.15, 0.2) is 11.5 Å². The quantitative estimate of drug-likeness (QED) is 0.678. The minimum absolute atomic E-state index is 0.572. The van der Waals surface area contributed by atoms with Crippen molar-refractivity contribution in [1.82, 2.24) is 9.55 Å². The van der Waals surface area contributed by atoms with Gasteiger partial charge in [0.1, 0.15) is 5.82 Å². The monoisotopic (exact) mass is 338 g/mol. The molecule has 0 aliphatic rings. The number of imidazole rings is 1. The van der Waals surface area contributed by atoms with Crippen LogP contribution >= 0.6 is 0 Å². The van der Waals surface area contributed by atoms with Crippen molar-refractivity contribution in [1.29, 1.82) is 0 Å². The molecule has 25 heavy (non-hydrogen) atoms. The smallest absolute Gasteiger partial charge is 0.203 e. The van der Waals surface area contributed by atoms with Gasteiger partial charge in [-0.2, -0.15) is 0 Å². The van der Waals surface area contributed by atoms with Gasteiger partial charge in [0.25, 0.3) is 0 Å². The fraction of sp³-hybridized carbons (Fsp3) is 0.250. The molecule has 0 aliphatic heterocycles. The summed E-state index contributed by atoms with van der Waals surface area (Å²) >= 11 is 0. The van der Waals surface area contributed by atoms with Crippen LogP contribution in [-0.2, 0) is 6.42 Å². The Morgan fingerprint density at radius 2 is 1.56 bits per heavy atom. The summed E-state index contributed by atoms with van der Waals surface area (Å²) in [6.07, 6.45) is 4.72. The standard InChI is InChI=1S/C20H22N2O3/c1-5-14-6-8-15(9-7-14)20-21-10-11-22(20)16-12-17(23-2)19(25-4)18(13-16)24-3/h6-13H,5H2,1-4H3. The van der Waals surface area contributed by atoms with Crippen LogP contribution in [0.2, 0.25) is 0 Å². The van der Waals surface area contributed by atoms with Gasteiger partial charge in [0.2, 0.25) is 5.75 Å². The minimum atomic E-state index is 0.572. The van der Waals surface area contributed by atoms with E-state index in [0.717, 1.165) is 23.5 Å². The highest BCUT2D eigenvalue weighted by molar-refractivity contribution is 5.63. The Morgan fingerprint density at radius 3 is 2.08 bits per heavy atom. The Morgan fingerprint density at radius 1 is 0.920 bits per heavy atom. The molecule has 1 aromatic heterocycles. The minimum Gasteiger partial charge on any atom is -0.493 e. The number of aromatic nitrogens is 2. The Hall–Kier alpha value is -2.95. The predicted molar refractivity (Wildman–Crippen MR) is 98.0 cm³/mol. The second-order valence-electron chi connectivity index (χ2n) is 5.55. The van der Waals surface area contributed by atoms with Crippen molar-refractivity contribution in [2.45, 2.75) is 13.3 Å². The lowest BCUT2D eigenvalue weighted by Crippen LogP contribution is -2.01. The number of methoxy groups -OCH3 is 3. The summed E-state index contributed by atoms with van der Waals surface area (Å²) in [6, 6.07) is 12.3. The topological polar surface area (TPSA) is 45.5 Å². The molecule has 2 aromatic carbocycles. The lowest BCUT2D eigenvalue weighted by Gasteiger charge is -2.15. The summed E-state index contributed by atoms with van der Waals surface area (Å²) < 4.78 is 18.3. The van der Waals surface area contributed by atoms with Crippen LogP contribution in [0.25, 0.3) is 17.1 Å². The van der Waals surface area contributed by atoms with E-state index in [4.69, 9.17) is 14.2 Å². The highest BCUT2D eigenvalue weighted by Crippen LogP contribution is 2.40. The molecule has 0 unspecified atom stereocenters. The molecule has 0 radical (unpaired) electrons. The average Bonchev–Trinajstić information content (AvgIpc) is 3.16. The molecule has 0 bridgehead atoms. The van der Waals surface area contributed by atoms with E-state index in [2.05, 4.69) is 36.2 Å². The van der Waals surface area contributed by atoms with Crippen LogP contribution in [0.15, 0.2) is 48.8 Å². The van der Waals surface area contributed by atoms with Crippen molar-refractivity contribution < 1.29 is 14.2 Å². The molecule has 130 valence electrons. The first-order valence-electron chi connectivity index (χ1n) is 8.14. The first kappa shape index (κ1) is 16.9. The number of rotatable bonds is 6. The lowest BCUT2D eigenvalue weighted by atomic mass is 10.1. The van der Waals surface area contributed by atoms with Crippen molar-refractivity contribution in [2.75, 3.05) is 21.3 Å². The number of benzene rings is 2. The van der Waals surface area contributed by atoms with Gasteiger partial charge in [-0.25, -0.2) is 4.98 Å². The molecule has 0 saturated heterocycles. The Bertz CT molecular complexity index is 829. The summed E-state index contributed by atoms with van der Waals surface area (Å²) in [7, 11) is 4.82. The van der Waals surface area contributed by atoms with E-state index in [1.165, 1.54) is 5.56 Å². The van der Waals surface area contributed by atoms with Crippen molar-refractivity contribution in [2.24, 2.45) is 0 Å². The Labute approximate surface area is 147 Å². The summed E-state index contributed by atoms with van der Waals surface area (Å²) in [5.74, 6) is 2.65. The summed E-state index contributed by atoms with van der Waals surface area (Å²) in [5.41, 5.74) is 3.24. The van der Waals surface area contributed by atoms with Gasteiger partial charge < -0.3 is 14.2 Å². The number of nitrogens with zero attached hydrogens (tertiary/aromatic N) is 2. The molecule has 0 N–H and O–H groups in total. The second kappa shape index (κ2) is 7.30. The van der Waals surface area contributed by atoms with Gasteiger partial charge >= 0.3 is 0 Å². The van der Waals surface area contributed by atoms with Crippen molar-refractivity contribution >= 4 is 0 Å². The third-order valence-corrected chi connectivity index (χ3v) is 4.19. The van der Waals surface area contributed by atoms with E-state index in [1.807, 2.05) is 22.9 Å². The van der Waals surface area contributed by atoms with Crippen LogP contribution < -0.4 is 14.2 Å². The van der Waals surface area contributed by atoms with E-state index < -0.39 is 0 Å². The average molecular weight is 338 g/mol. The Kier molecular flexibility index (Phi) is 4.93. The van der Waals surface area contributed by atoms with E-state index in [-0.39, 0.29) is 0 Å². The molecule has 1 heterocycles. The maximum Gasteiger partial charge on any atom is 0.203 e. The molecule has 0 spiro atoms. The van der Waals surface area contributed by atoms with Crippen LogP contribution in [-0.4, -0.2) is 30.9 Å². The molecule has 0 fully saturated rings. The number of hydrogen-bond acceptors (Lipinski definition) is 4. The molecule has 5 nitrogen and oxygen atoms in total. The molecule has 0 amide bonds. The van der Waals surface area contributed by atoms with Gasteiger partial charge in [-0.15, -0.1) is 0 Å². The molecule has 3 aromatic rings. The van der Waals surface area contributed by atoms with Gasteiger partial charge in [-0.1, -0.05) is 31.2 Å². The molecule has 0 atom stereocenters. The van der Waals surface area contributed by atoms with Gasteiger partial charge in [-0.3, -0.25) is 4.57 Å². The maximum absolute atomic E-state index is 5.45. The zero-order valence-electron chi connectivity index (χ0n) is 14.9. The van der Waals surface area contributed by atoms with Gasteiger partial charge in [0.05, 0.1) is 27.0 Å². The SMILES string of the molecule is CCc1ccc(-c2nccn2-c2cc(OC)c(OC)c(OC)c2)cc1. The van der Waals surface area contributed by atoms with Crippen molar-refractivity contribution in [3.05, 3.63) is 54.4 Å². The maximum atomic E-state index is 5.45. The number of aryl methyl sites for hydroxylation is 1. The van der Waals surface area contributed by atoms with Crippen LogP contribution in [0.5, 0.6) is 17.2 Å². The van der Waals surface area contributed by atoms with Crippen molar-refractivity contribution in [3.8, 4) is 34.3 Å². The third kappa shape index (κ3) is 3.18.